The highest BCUT2D eigenvalue weighted by Gasteiger charge is 2.55. The lowest BCUT2D eigenvalue weighted by Crippen LogP contribution is -2.46. The Labute approximate surface area is 186 Å². The number of likely N-dealkylation sites (tertiary alicyclic amines) is 1. The lowest BCUT2D eigenvalue weighted by Gasteiger charge is -2.50. The minimum atomic E-state index is -0.0225. The molecule has 5 rings (SSSR count). The van der Waals surface area contributed by atoms with Gasteiger partial charge in [-0.05, 0) is 69.4 Å². The number of ether oxygens (including phenoxy) is 1. The van der Waals surface area contributed by atoms with Crippen LogP contribution in [-0.2, 0) is 9.53 Å². The van der Waals surface area contributed by atoms with Gasteiger partial charge in [-0.15, -0.1) is 0 Å². The Hall–Kier alpha value is -1.94. The molecule has 2 aliphatic carbocycles. The van der Waals surface area contributed by atoms with Crippen LogP contribution in [0.5, 0.6) is 0 Å². The molecule has 5 atom stereocenters. The highest BCUT2D eigenvalue weighted by atomic mass is 16.6. The number of carbonyl (C=O) groups excluding carboxylic acids is 2. The number of Topliss-reactive ketones (excluding diaryl/α,β-unsaturated/α-hetero) is 1. The Morgan fingerprint density at radius 1 is 1.23 bits per heavy atom. The van der Waals surface area contributed by atoms with E-state index >= 15 is 0 Å². The SMILES string of the molecule is C=C1CCC[C@]2(C)C[C@H]3OC(=O)[C@H](CN4CCC(C(=O)c5ccccc5)CC4)[C@H]3C[C@@H]12. The van der Waals surface area contributed by atoms with Crippen molar-refractivity contribution in [1.82, 2.24) is 4.90 Å². The maximum Gasteiger partial charge on any atom is 0.310 e. The third-order valence-corrected chi connectivity index (χ3v) is 8.79. The van der Waals surface area contributed by atoms with Crippen LogP contribution < -0.4 is 0 Å². The first-order valence-electron chi connectivity index (χ1n) is 12.1. The van der Waals surface area contributed by atoms with Crippen molar-refractivity contribution in [2.75, 3.05) is 19.6 Å². The average Bonchev–Trinajstić information content (AvgIpc) is 3.06. The van der Waals surface area contributed by atoms with Crippen LogP contribution in [0, 0.1) is 29.1 Å². The molecule has 4 aliphatic rings. The minimum absolute atomic E-state index is 0.00495. The molecule has 0 aromatic heterocycles. The molecule has 0 bridgehead atoms. The monoisotopic (exact) mass is 421 g/mol. The molecule has 0 radical (unpaired) electrons. The van der Waals surface area contributed by atoms with E-state index in [1.54, 1.807) is 0 Å². The number of rotatable bonds is 4. The van der Waals surface area contributed by atoms with Crippen LogP contribution in [0.1, 0.15) is 62.2 Å². The van der Waals surface area contributed by atoms with Gasteiger partial charge >= 0.3 is 5.97 Å². The van der Waals surface area contributed by atoms with Crippen molar-refractivity contribution >= 4 is 11.8 Å². The third-order valence-electron chi connectivity index (χ3n) is 8.79. The smallest absolute Gasteiger partial charge is 0.310 e. The molecular formula is C27H35NO3. The topological polar surface area (TPSA) is 46.6 Å². The zero-order valence-corrected chi connectivity index (χ0v) is 18.7. The van der Waals surface area contributed by atoms with Crippen LogP contribution in [-0.4, -0.2) is 42.4 Å². The van der Waals surface area contributed by atoms with Crippen LogP contribution in [0.15, 0.2) is 42.5 Å². The predicted molar refractivity (Wildman–Crippen MR) is 121 cm³/mol. The summed E-state index contributed by atoms with van der Waals surface area (Å²) < 4.78 is 5.94. The average molecular weight is 422 g/mol. The van der Waals surface area contributed by atoms with Gasteiger partial charge in [-0.25, -0.2) is 0 Å². The van der Waals surface area contributed by atoms with Crippen molar-refractivity contribution < 1.29 is 14.3 Å². The molecule has 1 aromatic carbocycles. The summed E-state index contributed by atoms with van der Waals surface area (Å²) in [4.78, 5) is 28.0. The molecule has 2 heterocycles. The molecular weight excluding hydrogens is 386 g/mol. The van der Waals surface area contributed by atoms with Crippen molar-refractivity contribution in [1.29, 1.82) is 0 Å². The maximum atomic E-state index is 12.8. The van der Waals surface area contributed by atoms with E-state index in [2.05, 4.69) is 18.4 Å². The molecule has 4 nitrogen and oxygen atoms in total. The lowest BCUT2D eigenvalue weighted by molar-refractivity contribution is -0.146. The van der Waals surface area contributed by atoms with E-state index in [0.29, 0.717) is 11.8 Å². The molecule has 166 valence electrons. The standard InChI is InChI=1S/C27H35NO3/c1-18-7-6-12-27(2)16-24-21(15-23(18)27)22(26(30)31-24)17-28-13-10-20(11-14-28)25(29)19-8-4-3-5-9-19/h3-5,8-9,20-24H,1,6-7,10-17H2,2H3/t21-,22-,23+,24-,27-/m1/s1. The molecule has 0 spiro atoms. The van der Waals surface area contributed by atoms with Crippen molar-refractivity contribution in [2.24, 2.45) is 29.1 Å². The van der Waals surface area contributed by atoms with E-state index in [0.717, 1.165) is 57.3 Å². The normalized spacial score (nSPS) is 36.5. The minimum Gasteiger partial charge on any atom is -0.462 e. The number of fused-ring (bicyclic) bond motifs is 2. The van der Waals surface area contributed by atoms with E-state index in [1.165, 1.54) is 18.4 Å². The van der Waals surface area contributed by atoms with Crippen molar-refractivity contribution in [3.63, 3.8) is 0 Å². The summed E-state index contributed by atoms with van der Waals surface area (Å²) in [6.07, 6.45) is 7.48. The summed E-state index contributed by atoms with van der Waals surface area (Å²) in [6.45, 7) is 9.34. The summed E-state index contributed by atoms with van der Waals surface area (Å²) >= 11 is 0. The van der Waals surface area contributed by atoms with E-state index < -0.39 is 0 Å². The highest BCUT2D eigenvalue weighted by Crippen LogP contribution is 2.57. The molecule has 4 fully saturated rings. The lowest BCUT2D eigenvalue weighted by atomic mass is 9.55. The van der Waals surface area contributed by atoms with Gasteiger partial charge in [-0.3, -0.25) is 9.59 Å². The number of benzene rings is 1. The summed E-state index contributed by atoms with van der Waals surface area (Å²) in [5.74, 6) is 1.21. The Kier molecular flexibility index (Phi) is 5.54. The van der Waals surface area contributed by atoms with Crippen LogP contribution in [0.3, 0.4) is 0 Å². The molecule has 1 aromatic rings. The van der Waals surface area contributed by atoms with Gasteiger partial charge in [-0.2, -0.15) is 0 Å². The van der Waals surface area contributed by atoms with Gasteiger partial charge < -0.3 is 9.64 Å². The molecule has 2 aliphatic heterocycles. The number of carbonyl (C=O) groups is 2. The Balaban J connectivity index is 1.21. The third kappa shape index (κ3) is 3.88. The Bertz CT molecular complexity index is 856. The summed E-state index contributed by atoms with van der Waals surface area (Å²) in [6, 6.07) is 9.64. The number of hydrogen-bond acceptors (Lipinski definition) is 4. The Morgan fingerprint density at radius 2 is 1.97 bits per heavy atom. The number of ketones is 1. The highest BCUT2D eigenvalue weighted by molar-refractivity contribution is 5.97. The second-order valence-corrected chi connectivity index (χ2v) is 10.7. The zero-order valence-electron chi connectivity index (χ0n) is 18.7. The van der Waals surface area contributed by atoms with Gasteiger partial charge in [-0.1, -0.05) is 49.4 Å². The van der Waals surface area contributed by atoms with Crippen LogP contribution in [0.4, 0.5) is 0 Å². The van der Waals surface area contributed by atoms with Gasteiger partial charge in [0, 0.05) is 23.9 Å². The van der Waals surface area contributed by atoms with Gasteiger partial charge in [0.2, 0.25) is 0 Å². The van der Waals surface area contributed by atoms with Crippen LogP contribution >= 0.6 is 0 Å². The molecule has 2 saturated heterocycles. The fraction of sp³-hybridized carbons (Fsp3) is 0.630. The van der Waals surface area contributed by atoms with E-state index in [-0.39, 0.29) is 35.1 Å². The first-order chi connectivity index (χ1) is 14.9. The number of allylic oxidation sites excluding steroid dienone is 1. The molecule has 4 heteroatoms. The number of esters is 1. The summed E-state index contributed by atoms with van der Waals surface area (Å²) in [7, 11) is 0. The first-order valence-corrected chi connectivity index (χ1v) is 12.1. The van der Waals surface area contributed by atoms with Crippen molar-refractivity contribution in [3.05, 3.63) is 48.0 Å². The zero-order chi connectivity index (χ0) is 21.6. The number of piperidine rings is 1. The van der Waals surface area contributed by atoms with E-state index in [1.807, 2.05) is 30.3 Å². The molecule has 0 N–H and O–H groups in total. The van der Waals surface area contributed by atoms with Crippen molar-refractivity contribution in [2.45, 2.75) is 58.0 Å². The molecule has 31 heavy (non-hydrogen) atoms. The molecule has 0 amide bonds. The van der Waals surface area contributed by atoms with Gasteiger partial charge in [0.05, 0.1) is 5.92 Å². The largest absolute Gasteiger partial charge is 0.462 e. The number of nitrogens with zero attached hydrogens (tertiary/aromatic N) is 1. The van der Waals surface area contributed by atoms with Gasteiger partial charge in [0.25, 0.3) is 0 Å². The maximum absolute atomic E-state index is 12.8. The summed E-state index contributed by atoms with van der Waals surface area (Å²) in [5.41, 5.74) is 2.47. The summed E-state index contributed by atoms with van der Waals surface area (Å²) in [5, 5.41) is 0. The predicted octanol–water partition coefficient (Wildman–Crippen LogP) is 4.90. The fourth-order valence-corrected chi connectivity index (χ4v) is 6.96. The van der Waals surface area contributed by atoms with Gasteiger partial charge in [0.1, 0.15) is 6.10 Å². The molecule has 2 saturated carbocycles. The van der Waals surface area contributed by atoms with Gasteiger partial charge in [0.15, 0.2) is 5.78 Å². The molecule has 0 unspecified atom stereocenters. The quantitative estimate of drug-likeness (QED) is 0.394. The first kappa shape index (κ1) is 20.9. The fourth-order valence-electron chi connectivity index (χ4n) is 6.96. The van der Waals surface area contributed by atoms with Crippen LogP contribution in [0.25, 0.3) is 0 Å². The second-order valence-electron chi connectivity index (χ2n) is 10.7. The number of hydrogen-bond donors (Lipinski definition) is 0. The van der Waals surface area contributed by atoms with E-state index in [9.17, 15) is 9.59 Å². The van der Waals surface area contributed by atoms with Crippen LogP contribution in [0.2, 0.25) is 0 Å². The van der Waals surface area contributed by atoms with E-state index in [4.69, 9.17) is 4.74 Å². The van der Waals surface area contributed by atoms with Crippen molar-refractivity contribution in [3.8, 4) is 0 Å². The second kappa shape index (κ2) is 8.20. The Morgan fingerprint density at radius 3 is 2.71 bits per heavy atom.